The fourth-order valence-electron chi connectivity index (χ4n) is 4.93. The van der Waals surface area contributed by atoms with Gasteiger partial charge in [0.15, 0.2) is 0 Å². The smallest absolute Gasteiger partial charge is 0.320 e. The van der Waals surface area contributed by atoms with Crippen LogP contribution in [-0.2, 0) is 24.4 Å². The van der Waals surface area contributed by atoms with Crippen molar-refractivity contribution >= 4 is 23.3 Å². The van der Waals surface area contributed by atoms with Crippen molar-refractivity contribution in [2.45, 2.75) is 44.9 Å². The molecule has 0 unspecified atom stereocenters. The number of carboxylic acids is 1. The van der Waals surface area contributed by atoms with E-state index in [1.54, 1.807) is 7.11 Å². The Balaban J connectivity index is 1.42. The van der Waals surface area contributed by atoms with Crippen LogP contribution in [0.15, 0.2) is 48.5 Å². The zero-order chi connectivity index (χ0) is 23.7. The number of carboxylic acid groups (broad SMARTS) is 1. The average molecular weight is 479 g/mol. The van der Waals surface area contributed by atoms with Gasteiger partial charge >= 0.3 is 5.97 Å². The van der Waals surface area contributed by atoms with Crippen molar-refractivity contribution in [3.63, 3.8) is 0 Å². The number of benzene rings is 2. The van der Waals surface area contributed by atoms with Crippen LogP contribution in [0.2, 0.25) is 5.02 Å². The van der Waals surface area contributed by atoms with Gasteiger partial charge in [0.2, 0.25) is 5.88 Å². The summed E-state index contributed by atoms with van der Waals surface area (Å²) in [6.45, 7) is 2.30. The van der Waals surface area contributed by atoms with E-state index in [9.17, 15) is 9.90 Å². The highest BCUT2D eigenvalue weighted by Gasteiger charge is 2.31. The van der Waals surface area contributed by atoms with Crippen LogP contribution in [-0.4, -0.2) is 45.6 Å². The van der Waals surface area contributed by atoms with Gasteiger partial charge in [-0.15, -0.1) is 0 Å². The van der Waals surface area contributed by atoms with Crippen LogP contribution < -0.4 is 9.64 Å². The lowest BCUT2D eigenvalue weighted by molar-refractivity contribution is -0.144. The van der Waals surface area contributed by atoms with E-state index in [0.29, 0.717) is 42.8 Å². The molecule has 5 rings (SSSR count). The average Bonchev–Trinajstić information content (AvgIpc) is 3.28. The molecule has 1 atom stereocenters. The number of aromatic nitrogens is 2. The van der Waals surface area contributed by atoms with Gasteiger partial charge in [-0.2, -0.15) is 4.98 Å². The summed E-state index contributed by atoms with van der Waals surface area (Å²) in [6, 6.07) is 15.7. The topological polar surface area (TPSA) is 78.8 Å². The summed E-state index contributed by atoms with van der Waals surface area (Å²) in [4.78, 5) is 25.3. The Labute approximate surface area is 204 Å². The number of fused-ring (bicyclic) bond motifs is 1. The maximum absolute atomic E-state index is 11.7. The minimum Gasteiger partial charge on any atom is -0.481 e. The zero-order valence-electron chi connectivity index (χ0n) is 19.1. The van der Waals surface area contributed by atoms with E-state index in [0.717, 1.165) is 47.5 Å². The normalized spacial score (nSPS) is 18.1. The number of anilines is 1. The number of hydrogen-bond donors (Lipinski definition) is 1. The third-order valence-electron chi connectivity index (χ3n) is 6.63. The lowest BCUT2D eigenvalue weighted by atomic mass is 10.0. The molecule has 2 aliphatic heterocycles. The molecule has 1 fully saturated rings. The van der Waals surface area contributed by atoms with Gasteiger partial charge < -0.3 is 14.7 Å². The maximum Gasteiger partial charge on any atom is 0.320 e. The number of rotatable bonds is 6. The summed E-state index contributed by atoms with van der Waals surface area (Å²) in [6.07, 6.45) is 2.57. The number of ether oxygens (including phenoxy) is 1. The first-order valence-corrected chi connectivity index (χ1v) is 11.9. The molecule has 8 heteroatoms. The summed E-state index contributed by atoms with van der Waals surface area (Å²) in [5, 5.41) is 10.3. The van der Waals surface area contributed by atoms with Gasteiger partial charge in [0, 0.05) is 5.56 Å². The summed E-state index contributed by atoms with van der Waals surface area (Å²) in [7, 11) is 1.61. The Hall–Kier alpha value is -3.16. The van der Waals surface area contributed by atoms with Gasteiger partial charge in [-0.05, 0) is 31.0 Å². The minimum atomic E-state index is -0.785. The Kier molecular flexibility index (Phi) is 6.39. The molecular formula is C26H27ClN4O3. The van der Waals surface area contributed by atoms with Crippen LogP contribution in [0.25, 0.3) is 11.1 Å². The second-order valence-electron chi connectivity index (χ2n) is 8.76. The van der Waals surface area contributed by atoms with Crippen LogP contribution in [0, 0.1) is 0 Å². The fraction of sp³-hybridized carbons (Fsp3) is 0.346. The number of nitrogens with zero attached hydrogens (tertiary/aromatic N) is 4. The van der Waals surface area contributed by atoms with Gasteiger partial charge in [0.25, 0.3) is 0 Å². The van der Waals surface area contributed by atoms with Gasteiger partial charge in [-0.25, -0.2) is 4.98 Å². The molecule has 3 heterocycles. The molecule has 0 spiro atoms. The largest absolute Gasteiger partial charge is 0.481 e. The van der Waals surface area contributed by atoms with Crippen molar-refractivity contribution in [1.82, 2.24) is 14.9 Å². The van der Waals surface area contributed by atoms with E-state index < -0.39 is 12.0 Å². The summed E-state index contributed by atoms with van der Waals surface area (Å²) < 4.78 is 5.62. The van der Waals surface area contributed by atoms with Gasteiger partial charge in [-0.1, -0.05) is 60.5 Å². The number of aliphatic carboxylic acids is 1. The SMILES string of the molecule is COc1nc(CN2CCCC[C@H]2C(=O)O)nc2c1CN(c1cccc(-c3ccccc3)c1Cl)C2. The van der Waals surface area contributed by atoms with Crippen LogP contribution in [0.1, 0.15) is 36.3 Å². The number of halogens is 1. The highest BCUT2D eigenvalue weighted by molar-refractivity contribution is 6.36. The molecular weight excluding hydrogens is 452 g/mol. The molecule has 1 N–H and O–H groups in total. The van der Waals surface area contributed by atoms with Crippen molar-refractivity contribution in [1.29, 1.82) is 0 Å². The Morgan fingerprint density at radius 1 is 1.12 bits per heavy atom. The molecule has 1 aromatic heterocycles. The number of hydrogen-bond acceptors (Lipinski definition) is 6. The quantitative estimate of drug-likeness (QED) is 0.547. The van der Waals surface area contributed by atoms with Gasteiger partial charge in [0.05, 0.1) is 48.7 Å². The molecule has 2 aromatic carbocycles. The first-order valence-electron chi connectivity index (χ1n) is 11.5. The maximum atomic E-state index is 11.7. The van der Waals surface area contributed by atoms with E-state index in [4.69, 9.17) is 21.3 Å². The molecule has 1 saturated heterocycles. The molecule has 7 nitrogen and oxygen atoms in total. The summed E-state index contributed by atoms with van der Waals surface area (Å²) in [5.41, 5.74) is 4.83. The number of carbonyl (C=O) groups is 1. The first-order chi connectivity index (χ1) is 16.5. The minimum absolute atomic E-state index is 0.394. The van der Waals surface area contributed by atoms with E-state index in [1.807, 2.05) is 41.3 Å². The van der Waals surface area contributed by atoms with Crippen LogP contribution in [0.3, 0.4) is 0 Å². The number of likely N-dealkylation sites (tertiary alicyclic amines) is 1. The standard InChI is InChI=1S/C26H27ClN4O3/c1-34-25-19-14-31(21-12-7-10-18(24(21)27)17-8-3-2-4-9-17)15-20(19)28-23(29-25)16-30-13-6-5-11-22(30)26(32)33/h2-4,7-10,12,22H,5-6,11,13-16H2,1H3,(H,32,33)/t22-/m0/s1. The van der Waals surface area contributed by atoms with E-state index in [-0.39, 0.29) is 0 Å². The second-order valence-corrected chi connectivity index (χ2v) is 9.13. The third-order valence-corrected chi connectivity index (χ3v) is 7.03. The summed E-state index contributed by atoms with van der Waals surface area (Å²) in [5.74, 6) is 0.350. The molecule has 3 aromatic rings. The van der Waals surface area contributed by atoms with Gasteiger partial charge in [0.1, 0.15) is 11.9 Å². The lowest BCUT2D eigenvalue weighted by Crippen LogP contribution is -2.44. The van der Waals surface area contributed by atoms with Crippen LogP contribution in [0.5, 0.6) is 5.88 Å². The predicted octanol–water partition coefficient (Wildman–Crippen LogP) is 4.76. The highest BCUT2D eigenvalue weighted by Crippen LogP contribution is 2.40. The van der Waals surface area contributed by atoms with E-state index >= 15 is 0 Å². The van der Waals surface area contributed by atoms with Crippen LogP contribution >= 0.6 is 11.6 Å². The lowest BCUT2D eigenvalue weighted by Gasteiger charge is -2.32. The summed E-state index contributed by atoms with van der Waals surface area (Å²) >= 11 is 6.87. The zero-order valence-corrected chi connectivity index (χ0v) is 19.8. The van der Waals surface area contributed by atoms with Crippen molar-refractivity contribution in [3.8, 4) is 17.0 Å². The number of methoxy groups -OCH3 is 1. The second kappa shape index (κ2) is 9.60. The monoisotopic (exact) mass is 478 g/mol. The van der Waals surface area contributed by atoms with E-state index in [2.05, 4.69) is 22.0 Å². The highest BCUT2D eigenvalue weighted by atomic mass is 35.5. The molecule has 2 aliphatic rings. The molecule has 0 radical (unpaired) electrons. The molecule has 0 bridgehead atoms. The Morgan fingerprint density at radius 3 is 2.71 bits per heavy atom. The Morgan fingerprint density at radius 2 is 1.94 bits per heavy atom. The van der Waals surface area contributed by atoms with Crippen molar-refractivity contribution < 1.29 is 14.6 Å². The predicted molar refractivity (Wildman–Crippen MR) is 131 cm³/mol. The third kappa shape index (κ3) is 4.33. The number of piperidine rings is 1. The molecule has 0 saturated carbocycles. The van der Waals surface area contributed by atoms with Crippen molar-refractivity contribution in [2.24, 2.45) is 0 Å². The van der Waals surface area contributed by atoms with E-state index in [1.165, 1.54) is 0 Å². The van der Waals surface area contributed by atoms with Crippen molar-refractivity contribution in [3.05, 3.63) is 70.6 Å². The molecule has 0 amide bonds. The molecule has 176 valence electrons. The molecule has 34 heavy (non-hydrogen) atoms. The van der Waals surface area contributed by atoms with Gasteiger partial charge in [-0.3, -0.25) is 9.69 Å². The van der Waals surface area contributed by atoms with Crippen molar-refractivity contribution in [2.75, 3.05) is 18.6 Å². The fourth-order valence-corrected chi connectivity index (χ4v) is 5.28. The first kappa shape index (κ1) is 22.6. The Bertz CT molecular complexity index is 1200. The molecule has 0 aliphatic carbocycles. The van der Waals surface area contributed by atoms with Crippen LogP contribution in [0.4, 0.5) is 5.69 Å².